The van der Waals surface area contributed by atoms with E-state index in [9.17, 15) is 4.79 Å². The van der Waals surface area contributed by atoms with Crippen LogP contribution >= 0.6 is 12.6 Å². The van der Waals surface area contributed by atoms with Gasteiger partial charge in [-0.15, -0.1) is 0 Å². The molecule has 0 rings (SSSR count). The van der Waals surface area contributed by atoms with Crippen molar-refractivity contribution in [3.63, 3.8) is 0 Å². The van der Waals surface area contributed by atoms with E-state index in [1.807, 2.05) is 20.8 Å². The van der Waals surface area contributed by atoms with Crippen LogP contribution in [0.25, 0.3) is 0 Å². The number of ether oxygens (including phenoxy) is 3. The number of aliphatic hydroxyl groups is 1. The van der Waals surface area contributed by atoms with Gasteiger partial charge >= 0.3 is 6.09 Å². The van der Waals surface area contributed by atoms with Crippen LogP contribution in [0, 0.1) is 0 Å². The van der Waals surface area contributed by atoms with Gasteiger partial charge in [-0.3, -0.25) is 0 Å². The first-order chi connectivity index (χ1) is 10.2. The summed E-state index contributed by atoms with van der Waals surface area (Å²) < 4.78 is 15.5. The Labute approximate surface area is 140 Å². The van der Waals surface area contributed by atoms with Gasteiger partial charge in [0.25, 0.3) is 0 Å². The molecule has 0 saturated carbocycles. The number of aliphatic hydroxyl groups excluding tert-OH is 1. The summed E-state index contributed by atoms with van der Waals surface area (Å²) in [5.74, 6) is 0. The first kappa shape index (κ1) is 23.8. The highest BCUT2D eigenvalue weighted by Gasteiger charge is 2.21. The predicted octanol–water partition coefficient (Wildman–Crippen LogP) is 2.25. The standard InChI is InChI=1S/C12H25NO5.C3H8S/c1-4-16-9-10-17-8-6-13-11(15)18-12(2,3)5-7-14;1-3(2)4/h14H,4-10H2,1-3H3,(H,13,15);3-4H,1-2H3. The van der Waals surface area contributed by atoms with Crippen molar-refractivity contribution < 1.29 is 24.1 Å². The SMILES string of the molecule is CC(C)S.CCOCCOCCNC(=O)OC(C)(C)CCO. The third kappa shape index (κ3) is 21.8. The summed E-state index contributed by atoms with van der Waals surface area (Å²) >= 11 is 3.97. The molecule has 1 amide bonds. The van der Waals surface area contributed by atoms with E-state index >= 15 is 0 Å². The number of hydrogen-bond acceptors (Lipinski definition) is 6. The van der Waals surface area contributed by atoms with Gasteiger partial charge in [-0.1, -0.05) is 13.8 Å². The predicted molar refractivity (Wildman–Crippen MR) is 91.7 cm³/mol. The molecule has 0 heterocycles. The van der Waals surface area contributed by atoms with Gasteiger partial charge in [0.05, 0.1) is 19.8 Å². The molecule has 6 nitrogen and oxygen atoms in total. The fraction of sp³-hybridized carbons (Fsp3) is 0.933. The van der Waals surface area contributed by atoms with Gasteiger partial charge in [0.2, 0.25) is 0 Å². The molecule has 0 spiro atoms. The molecule has 0 aromatic rings. The molecule has 0 aliphatic carbocycles. The third-order valence-corrected chi connectivity index (χ3v) is 2.17. The normalized spacial score (nSPS) is 10.9. The maximum absolute atomic E-state index is 11.4. The maximum atomic E-state index is 11.4. The highest BCUT2D eigenvalue weighted by atomic mass is 32.1. The Balaban J connectivity index is 0. The number of rotatable bonds is 10. The van der Waals surface area contributed by atoms with Crippen molar-refractivity contribution >= 4 is 18.7 Å². The fourth-order valence-corrected chi connectivity index (χ4v) is 1.20. The van der Waals surface area contributed by atoms with Crippen molar-refractivity contribution in [2.75, 3.05) is 39.6 Å². The Morgan fingerprint density at radius 1 is 1.23 bits per heavy atom. The molecule has 0 fully saturated rings. The first-order valence-corrected chi connectivity index (χ1v) is 8.18. The molecule has 7 heteroatoms. The van der Waals surface area contributed by atoms with Crippen LogP contribution in [0.5, 0.6) is 0 Å². The van der Waals surface area contributed by atoms with Crippen LogP contribution in [0.15, 0.2) is 0 Å². The van der Waals surface area contributed by atoms with Crippen LogP contribution in [0.4, 0.5) is 4.79 Å². The highest BCUT2D eigenvalue weighted by molar-refractivity contribution is 7.80. The molecule has 0 aliphatic heterocycles. The van der Waals surface area contributed by atoms with Crippen LogP contribution in [-0.4, -0.2) is 61.6 Å². The average molecular weight is 339 g/mol. The van der Waals surface area contributed by atoms with E-state index in [0.717, 1.165) is 0 Å². The minimum Gasteiger partial charge on any atom is -0.443 e. The van der Waals surface area contributed by atoms with Crippen molar-refractivity contribution in [3.8, 4) is 0 Å². The van der Waals surface area contributed by atoms with Gasteiger partial charge in [0.15, 0.2) is 0 Å². The monoisotopic (exact) mass is 339 g/mol. The summed E-state index contributed by atoms with van der Waals surface area (Å²) in [6, 6.07) is 0. The van der Waals surface area contributed by atoms with Crippen molar-refractivity contribution in [1.29, 1.82) is 0 Å². The molecule has 22 heavy (non-hydrogen) atoms. The van der Waals surface area contributed by atoms with Crippen LogP contribution in [-0.2, 0) is 14.2 Å². The largest absolute Gasteiger partial charge is 0.443 e. The number of thiol groups is 1. The molecular weight excluding hydrogens is 306 g/mol. The van der Waals surface area contributed by atoms with Gasteiger partial charge in [0.1, 0.15) is 5.60 Å². The molecule has 0 saturated heterocycles. The molecular formula is C15H33NO5S. The molecule has 0 aromatic carbocycles. The lowest BCUT2D eigenvalue weighted by atomic mass is 10.1. The summed E-state index contributed by atoms with van der Waals surface area (Å²) in [5, 5.41) is 11.9. The van der Waals surface area contributed by atoms with E-state index in [2.05, 4.69) is 17.9 Å². The summed E-state index contributed by atoms with van der Waals surface area (Å²) in [5.41, 5.74) is -0.658. The second kappa shape index (κ2) is 15.4. The van der Waals surface area contributed by atoms with Crippen molar-refractivity contribution in [1.82, 2.24) is 5.32 Å². The Morgan fingerprint density at radius 3 is 2.27 bits per heavy atom. The molecule has 0 aromatic heterocycles. The van der Waals surface area contributed by atoms with Gasteiger partial charge < -0.3 is 24.6 Å². The Kier molecular flexibility index (Phi) is 16.6. The number of carbonyl (C=O) groups is 1. The third-order valence-electron chi connectivity index (χ3n) is 2.17. The Morgan fingerprint density at radius 2 is 1.77 bits per heavy atom. The molecule has 134 valence electrons. The van der Waals surface area contributed by atoms with Crippen LogP contribution in [0.3, 0.4) is 0 Å². The minimum absolute atomic E-state index is 0.0131. The average Bonchev–Trinajstić information content (AvgIpc) is 2.36. The van der Waals surface area contributed by atoms with E-state index in [1.54, 1.807) is 13.8 Å². The van der Waals surface area contributed by atoms with Crippen molar-refractivity contribution in [2.45, 2.75) is 51.9 Å². The molecule has 0 aliphatic rings. The number of hydrogen-bond donors (Lipinski definition) is 3. The number of amides is 1. The zero-order valence-electron chi connectivity index (χ0n) is 14.6. The lowest BCUT2D eigenvalue weighted by molar-refractivity contribution is 0.0181. The zero-order valence-corrected chi connectivity index (χ0v) is 15.4. The molecule has 0 atom stereocenters. The van der Waals surface area contributed by atoms with Crippen molar-refractivity contribution in [3.05, 3.63) is 0 Å². The smallest absolute Gasteiger partial charge is 0.407 e. The Hall–Kier alpha value is -0.500. The van der Waals surface area contributed by atoms with Crippen LogP contribution in [0.2, 0.25) is 0 Å². The number of carbonyl (C=O) groups excluding carboxylic acids is 1. The molecule has 0 radical (unpaired) electrons. The zero-order chi connectivity index (χ0) is 17.4. The summed E-state index contributed by atoms with van der Waals surface area (Å²) in [7, 11) is 0. The molecule has 0 unspecified atom stereocenters. The lowest BCUT2D eigenvalue weighted by Gasteiger charge is -2.24. The van der Waals surface area contributed by atoms with E-state index in [1.165, 1.54) is 0 Å². The summed E-state index contributed by atoms with van der Waals surface area (Å²) in [6.45, 7) is 12.0. The lowest BCUT2D eigenvalue weighted by Crippen LogP contribution is -2.36. The second-order valence-corrected chi connectivity index (χ2v) is 6.49. The summed E-state index contributed by atoms with van der Waals surface area (Å²) in [4.78, 5) is 11.4. The van der Waals surface area contributed by atoms with Gasteiger partial charge in [-0.05, 0) is 26.0 Å². The van der Waals surface area contributed by atoms with E-state index in [-0.39, 0.29) is 6.61 Å². The second-order valence-electron chi connectivity index (χ2n) is 5.45. The van der Waals surface area contributed by atoms with Gasteiger partial charge in [-0.2, -0.15) is 12.6 Å². The quantitative estimate of drug-likeness (QED) is 0.420. The van der Waals surface area contributed by atoms with Gasteiger partial charge in [0, 0.05) is 26.2 Å². The van der Waals surface area contributed by atoms with Crippen molar-refractivity contribution in [2.24, 2.45) is 0 Å². The Bertz CT molecular complexity index is 260. The van der Waals surface area contributed by atoms with Crippen LogP contribution in [0.1, 0.15) is 41.0 Å². The first-order valence-electron chi connectivity index (χ1n) is 7.66. The fourth-order valence-electron chi connectivity index (χ4n) is 1.20. The van der Waals surface area contributed by atoms with E-state index in [0.29, 0.717) is 44.6 Å². The van der Waals surface area contributed by atoms with Gasteiger partial charge in [-0.25, -0.2) is 4.79 Å². The molecule has 0 bridgehead atoms. The highest BCUT2D eigenvalue weighted by Crippen LogP contribution is 2.13. The summed E-state index contributed by atoms with van der Waals surface area (Å²) in [6.07, 6.45) is -0.0903. The minimum atomic E-state index is -0.658. The van der Waals surface area contributed by atoms with Crippen LogP contribution < -0.4 is 5.32 Å². The van der Waals surface area contributed by atoms with E-state index in [4.69, 9.17) is 19.3 Å². The topological polar surface area (TPSA) is 77.0 Å². The maximum Gasteiger partial charge on any atom is 0.407 e. The van der Waals surface area contributed by atoms with E-state index < -0.39 is 11.7 Å². The number of nitrogens with one attached hydrogen (secondary N) is 1. The molecule has 2 N–H and O–H groups in total. The number of alkyl carbamates (subject to hydrolysis) is 1.